The Morgan fingerprint density at radius 1 is 1.27 bits per heavy atom. The van der Waals surface area contributed by atoms with E-state index in [0.717, 1.165) is 0 Å². The Kier molecular flexibility index (Phi) is 2.03. The van der Waals surface area contributed by atoms with E-state index >= 15 is 0 Å². The van der Waals surface area contributed by atoms with E-state index in [1.165, 1.54) is 48.9 Å². The Hall–Kier alpha value is -0.640. The number of anilines is 1. The number of hydrogen-bond acceptors (Lipinski definition) is 4. The maximum Gasteiger partial charge on any atom is 0.132 e. The Balaban J connectivity index is 2.04. The highest BCUT2D eigenvalue weighted by Gasteiger charge is 2.11. The first kappa shape index (κ1) is 7.03. The van der Waals surface area contributed by atoms with Gasteiger partial charge < -0.3 is 4.90 Å². The molecular weight excluding hydrogens is 158 g/mol. The number of rotatable bonds is 1. The van der Waals surface area contributed by atoms with Crippen LogP contribution in [0.25, 0.3) is 0 Å². The Morgan fingerprint density at radius 2 is 2.09 bits per heavy atom. The van der Waals surface area contributed by atoms with Crippen molar-refractivity contribution in [3.8, 4) is 0 Å². The van der Waals surface area contributed by atoms with Crippen molar-refractivity contribution in [1.29, 1.82) is 0 Å². The van der Waals surface area contributed by atoms with E-state index in [0.29, 0.717) is 0 Å². The monoisotopic (exact) mass is 169 g/mol. The second kappa shape index (κ2) is 3.17. The van der Waals surface area contributed by atoms with Crippen molar-refractivity contribution >= 4 is 16.5 Å². The van der Waals surface area contributed by atoms with Crippen LogP contribution in [-0.2, 0) is 0 Å². The molecule has 1 saturated heterocycles. The highest BCUT2D eigenvalue weighted by molar-refractivity contribution is 7.09. The van der Waals surface area contributed by atoms with Gasteiger partial charge in [0.05, 0.1) is 6.20 Å². The smallest absolute Gasteiger partial charge is 0.132 e. The van der Waals surface area contributed by atoms with Gasteiger partial charge in [0.1, 0.15) is 5.00 Å². The summed E-state index contributed by atoms with van der Waals surface area (Å²) in [4.78, 5) is 2.37. The van der Waals surface area contributed by atoms with Crippen LogP contribution in [0.3, 0.4) is 0 Å². The standard InChI is InChI=1S/C7H11N3S/c1-2-4-10(5-3-1)7-6-8-9-11-7/h6H,1-5H2. The Bertz CT molecular complexity index is 203. The highest BCUT2D eigenvalue weighted by atomic mass is 32.1. The average molecular weight is 169 g/mol. The molecule has 1 aliphatic rings. The summed E-state index contributed by atoms with van der Waals surface area (Å²) in [7, 11) is 0. The minimum absolute atomic E-state index is 1.18. The first-order valence-corrected chi connectivity index (χ1v) is 4.76. The lowest BCUT2D eigenvalue weighted by molar-refractivity contribution is 0.580. The maximum absolute atomic E-state index is 3.85. The summed E-state index contributed by atoms with van der Waals surface area (Å²) >= 11 is 1.49. The zero-order valence-electron chi connectivity index (χ0n) is 6.36. The van der Waals surface area contributed by atoms with Gasteiger partial charge >= 0.3 is 0 Å². The fourth-order valence-electron chi connectivity index (χ4n) is 1.42. The van der Waals surface area contributed by atoms with Gasteiger partial charge in [0.25, 0.3) is 0 Å². The molecule has 11 heavy (non-hydrogen) atoms. The molecule has 0 aromatic carbocycles. The van der Waals surface area contributed by atoms with Crippen molar-refractivity contribution in [1.82, 2.24) is 9.59 Å². The minimum atomic E-state index is 1.18. The SMILES string of the molecule is c1nnsc1N1CCCCC1. The summed E-state index contributed by atoms with van der Waals surface area (Å²) in [6.07, 6.45) is 5.87. The van der Waals surface area contributed by atoms with Crippen molar-refractivity contribution in [2.24, 2.45) is 0 Å². The molecule has 1 aliphatic heterocycles. The number of hydrogen-bond donors (Lipinski definition) is 0. The number of aromatic nitrogens is 2. The molecule has 1 aromatic heterocycles. The van der Waals surface area contributed by atoms with Gasteiger partial charge in [-0.1, -0.05) is 4.49 Å². The molecule has 0 radical (unpaired) electrons. The molecule has 0 unspecified atom stereocenters. The molecule has 0 spiro atoms. The molecule has 3 nitrogen and oxygen atoms in total. The summed E-state index contributed by atoms with van der Waals surface area (Å²) in [5.41, 5.74) is 0. The van der Waals surface area contributed by atoms with Crippen LogP contribution in [0.15, 0.2) is 6.20 Å². The van der Waals surface area contributed by atoms with E-state index < -0.39 is 0 Å². The zero-order valence-corrected chi connectivity index (χ0v) is 7.18. The third-order valence-electron chi connectivity index (χ3n) is 2.02. The molecular formula is C7H11N3S. The second-order valence-corrected chi connectivity index (χ2v) is 3.57. The molecule has 0 aliphatic carbocycles. The van der Waals surface area contributed by atoms with Crippen LogP contribution < -0.4 is 4.90 Å². The van der Waals surface area contributed by atoms with Crippen molar-refractivity contribution in [3.63, 3.8) is 0 Å². The van der Waals surface area contributed by atoms with Gasteiger partial charge in [0.15, 0.2) is 0 Å². The summed E-state index contributed by atoms with van der Waals surface area (Å²) in [5, 5.41) is 5.05. The fraction of sp³-hybridized carbons (Fsp3) is 0.714. The van der Waals surface area contributed by atoms with Crippen LogP contribution in [0.5, 0.6) is 0 Å². The lowest BCUT2D eigenvalue weighted by Gasteiger charge is -2.25. The molecule has 1 fully saturated rings. The topological polar surface area (TPSA) is 29.0 Å². The molecule has 4 heteroatoms. The lowest BCUT2D eigenvalue weighted by Crippen LogP contribution is -2.28. The molecule has 2 heterocycles. The molecule has 0 bridgehead atoms. The number of piperidine rings is 1. The van der Waals surface area contributed by atoms with Gasteiger partial charge in [-0.25, -0.2) is 0 Å². The van der Waals surface area contributed by atoms with E-state index in [1.807, 2.05) is 6.20 Å². The van der Waals surface area contributed by atoms with Crippen molar-refractivity contribution in [3.05, 3.63) is 6.20 Å². The largest absolute Gasteiger partial charge is 0.361 e. The number of nitrogens with zero attached hydrogens (tertiary/aromatic N) is 3. The normalized spacial score (nSPS) is 18.7. The van der Waals surface area contributed by atoms with Gasteiger partial charge in [-0.2, -0.15) is 0 Å². The van der Waals surface area contributed by atoms with Crippen LogP contribution in [0, 0.1) is 0 Å². The van der Waals surface area contributed by atoms with E-state index in [2.05, 4.69) is 14.5 Å². The van der Waals surface area contributed by atoms with Crippen LogP contribution >= 0.6 is 11.5 Å². The molecule has 1 aromatic rings. The average Bonchev–Trinajstić information content (AvgIpc) is 2.58. The Morgan fingerprint density at radius 3 is 2.73 bits per heavy atom. The first-order chi connectivity index (χ1) is 5.47. The highest BCUT2D eigenvalue weighted by Crippen LogP contribution is 2.21. The molecule has 0 N–H and O–H groups in total. The van der Waals surface area contributed by atoms with E-state index in [-0.39, 0.29) is 0 Å². The third-order valence-corrected chi connectivity index (χ3v) is 2.74. The van der Waals surface area contributed by atoms with Crippen LogP contribution in [0.2, 0.25) is 0 Å². The Labute approximate surface area is 70.2 Å². The molecule has 2 rings (SSSR count). The predicted octanol–water partition coefficient (Wildman–Crippen LogP) is 1.53. The molecule has 0 saturated carbocycles. The van der Waals surface area contributed by atoms with Crippen molar-refractivity contribution in [2.45, 2.75) is 19.3 Å². The van der Waals surface area contributed by atoms with Crippen LogP contribution in [0.4, 0.5) is 5.00 Å². The van der Waals surface area contributed by atoms with E-state index in [9.17, 15) is 0 Å². The second-order valence-electron chi connectivity index (χ2n) is 2.80. The molecule has 0 amide bonds. The van der Waals surface area contributed by atoms with Crippen LogP contribution in [0.1, 0.15) is 19.3 Å². The quantitative estimate of drug-likeness (QED) is 0.638. The van der Waals surface area contributed by atoms with Gasteiger partial charge in [0.2, 0.25) is 0 Å². The van der Waals surface area contributed by atoms with Crippen molar-refractivity contribution in [2.75, 3.05) is 18.0 Å². The minimum Gasteiger partial charge on any atom is -0.361 e. The fourth-order valence-corrected chi connectivity index (χ4v) is 1.99. The molecule has 0 atom stereocenters. The summed E-state index contributed by atoms with van der Waals surface area (Å²) in [6, 6.07) is 0. The third kappa shape index (κ3) is 1.50. The first-order valence-electron chi connectivity index (χ1n) is 3.99. The van der Waals surface area contributed by atoms with E-state index in [1.54, 1.807) is 0 Å². The predicted molar refractivity (Wildman–Crippen MR) is 46.0 cm³/mol. The summed E-state index contributed by atoms with van der Waals surface area (Å²) in [5.74, 6) is 0. The van der Waals surface area contributed by atoms with Gasteiger partial charge in [-0.3, -0.25) is 0 Å². The van der Waals surface area contributed by atoms with Gasteiger partial charge in [-0.05, 0) is 19.3 Å². The summed E-state index contributed by atoms with van der Waals surface area (Å²) < 4.78 is 3.85. The maximum atomic E-state index is 3.85. The zero-order chi connectivity index (χ0) is 7.52. The summed E-state index contributed by atoms with van der Waals surface area (Å²) in [6.45, 7) is 2.37. The van der Waals surface area contributed by atoms with Gasteiger partial charge in [-0.15, -0.1) is 5.10 Å². The van der Waals surface area contributed by atoms with Gasteiger partial charge in [0, 0.05) is 24.6 Å². The molecule has 60 valence electrons. The van der Waals surface area contributed by atoms with Crippen molar-refractivity contribution < 1.29 is 0 Å². The van der Waals surface area contributed by atoms with Crippen LogP contribution in [-0.4, -0.2) is 22.7 Å². The lowest BCUT2D eigenvalue weighted by atomic mass is 10.1. The van der Waals surface area contributed by atoms with E-state index in [4.69, 9.17) is 0 Å².